The Bertz CT molecular complexity index is 950. The zero-order chi connectivity index (χ0) is 25.9. The second-order valence-corrected chi connectivity index (χ2v) is 12.9. The minimum absolute atomic E-state index is 0.0426. The van der Waals surface area contributed by atoms with Gasteiger partial charge in [0.1, 0.15) is 6.04 Å². The number of carbonyl (C=O) groups is 3. The average molecular weight is 581 g/mol. The quantitative estimate of drug-likeness (QED) is 0.261. The second kappa shape index (κ2) is 11.9. The third-order valence-corrected chi connectivity index (χ3v) is 11.0. The number of thioether (sulfide) groups is 1. The van der Waals surface area contributed by atoms with Crippen LogP contribution in [0.5, 0.6) is 0 Å². The van der Waals surface area contributed by atoms with E-state index in [0.717, 1.165) is 31.2 Å². The number of amides is 3. The number of halogens is 1. The normalized spacial score (nSPS) is 31.4. The average Bonchev–Trinajstić information content (AvgIpc) is 3.47. The van der Waals surface area contributed by atoms with Crippen LogP contribution in [0.25, 0.3) is 0 Å². The van der Waals surface area contributed by atoms with Gasteiger partial charge in [-0.05, 0) is 31.2 Å². The van der Waals surface area contributed by atoms with Gasteiger partial charge in [0.25, 0.3) is 0 Å². The molecule has 9 heteroatoms. The highest BCUT2D eigenvalue weighted by Crippen LogP contribution is 2.68. The van der Waals surface area contributed by atoms with Crippen molar-refractivity contribution in [2.75, 3.05) is 19.7 Å². The van der Waals surface area contributed by atoms with Crippen LogP contribution >= 0.6 is 27.7 Å². The summed E-state index contributed by atoms with van der Waals surface area (Å²) >= 11 is 5.43. The second-order valence-electron chi connectivity index (χ2n) is 10.2. The van der Waals surface area contributed by atoms with Crippen LogP contribution in [-0.4, -0.2) is 74.3 Å². The molecule has 1 aromatic carbocycles. The van der Waals surface area contributed by atoms with E-state index in [1.54, 1.807) is 16.7 Å². The van der Waals surface area contributed by atoms with Crippen LogP contribution in [0.3, 0.4) is 0 Å². The number of benzene rings is 1. The number of hydrogen-bond donors (Lipinski definition) is 3. The summed E-state index contributed by atoms with van der Waals surface area (Å²) in [6.07, 6.45) is 4.86. The standard InChI is InChI=1S/C27H38BrN3O4S/c1-3-5-9-13-30-25(34)23-27-15-19(28)22(36-27)20(24(33)29-12-4-2)21(27)26(35)31(23)18(16-32)14-17-10-7-6-8-11-17/h6-8,10-11,18-23,32H,3-5,9,12-16H2,1-2H3,(H,29,33)(H,30,34)/t18-,19?,20+,21+,22+,23?,27?/m1/s1. The van der Waals surface area contributed by atoms with Crippen molar-refractivity contribution in [3.63, 3.8) is 0 Å². The molecule has 0 saturated carbocycles. The Balaban J connectivity index is 1.69. The lowest BCUT2D eigenvalue weighted by Gasteiger charge is -2.37. The van der Waals surface area contributed by atoms with Crippen LogP contribution in [0.15, 0.2) is 30.3 Å². The van der Waals surface area contributed by atoms with E-state index in [1.807, 2.05) is 37.3 Å². The van der Waals surface area contributed by atoms with Gasteiger partial charge in [-0.25, -0.2) is 0 Å². The molecule has 7 nitrogen and oxygen atoms in total. The van der Waals surface area contributed by atoms with Crippen molar-refractivity contribution >= 4 is 45.4 Å². The third kappa shape index (κ3) is 4.95. The van der Waals surface area contributed by atoms with Gasteiger partial charge < -0.3 is 20.6 Å². The summed E-state index contributed by atoms with van der Waals surface area (Å²) < 4.78 is -0.691. The highest BCUT2D eigenvalue weighted by Gasteiger charge is 2.76. The maximum Gasteiger partial charge on any atom is 0.244 e. The van der Waals surface area contributed by atoms with Crippen molar-refractivity contribution in [2.45, 2.75) is 79.3 Å². The number of aliphatic hydroxyl groups is 1. The monoisotopic (exact) mass is 579 g/mol. The summed E-state index contributed by atoms with van der Waals surface area (Å²) in [4.78, 5) is 43.0. The molecule has 3 saturated heterocycles. The third-order valence-electron chi connectivity index (χ3n) is 7.83. The first kappa shape index (κ1) is 27.5. The molecule has 0 aliphatic carbocycles. The molecule has 7 atom stereocenters. The number of fused-ring (bicyclic) bond motifs is 1. The van der Waals surface area contributed by atoms with Crippen molar-refractivity contribution in [3.8, 4) is 0 Å². The van der Waals surface area contributed by atoms with Crippen LogP contribution in [-0.2, 0) is 20.8 Å². The molecule has 3 unspecified atom stereocenters. The van der Waals surface area contributed by atoms with Gasteiger partial charge in [-0.3, -0.25) is 14.4 Å². The van der Waals surface area contributed by atoms with Crippen molar-refractivity contribution in [1.29, 1.82) is 0 Å². The lowest BCUT2D eigenvalue weighted by molar-refractivity contribution is -0.142. The Morgan fingerprint density at radius 1 is 1.14 bits per heavy atom. The fourth-order valence-corrected chi connectivity index (χ4v) is 9.85. The Labute approximate surface area is 226 Å². The molecule has 0 aromatic heterocycles. The van der Waals surface area contributed by atoms with Gasteiger partial charge in [-0.1, -0.05) is 73.0 Å². The molecule has 4 rings (SSSR count). The summed E-state index contributed by atoms with van der Waals surface area (Å²) in [5.74, 6) is -1.52. The fourth-order valence-electron chi connectivity index (χ4n) is 6.25. The van der Waals surface area contributed by atoms with Gasteiger partial charge in [0.15, 0.2) is 0 Å². The summed E-state index contributed by atoms with van der Waals surface area (Å²) in [5.41, 5.74) is 0.994. The van der Waals surface area contributed by atoms with Gasteiger partial charge >= 0.3 is 0 Å². The first-order chi connectivity index (χ1) is 17.4. The number of alkyl halides is 1. The predicted molar refractivity (Wildman–Crippen MR) is 146 cm³/mol. The van der Waals surface area contributed by atoms with E-state index in [0.29, 0.717) is 25.9 Å². The summed E-state index contributed by atoms with van der Waals surface area (Å²) in [7, 11) is 0. The number of aliphatic hydroxyl groups excluding tert-OH is 1. The highest BCUT2D eigenvalue weighted by atomic mass is 79.9. The fraction of sp³-hybridized carbons (Fsp3) is 0.667. The van der Waals surface area contributed by atoms with E-state index in [2.05, 4.69) is 33.5 Å². The summed E-state index contributed by atoms with van der Waals surface area (Å²) in [6.45, 7) is 4.99. The molecule has 3 amide bonds. The number of carbonyl (C=O) groups excluding carboxylic acids is 3. The highest BCUT2D eigenvalue weighted by molar-refractivity contribution is 9.09. The Morgan fingerprint density at radius 2 is 1.86 bits per heavy atom. The van der Waals surface area contributed by atoms with Crippen molar-refractivity contribution in [3.05, 3.63) is 35.9 Å². The van der Waals surface area contributed by atoms with Gasteiger partial charge in [0.2, 0.25) is 17.7 Å². The smallest absolute Gasteiger partial charge is 0.244 e. The van der Waals surface area contributed by atoms with Crippen LogP contribution in [0.4, 0.5) is 0 Å². The molecule has 3 heterocycles. The van der Waals surface area contributed by atoms with E-state index in [-0.39, 0.29) is 34.4 Å². The van der Waals surface area contributed by atoms with Gasteiger partial charge in [0.05, 0.1) is 29.2 Å². The molecule has 1 spiro atoms. The lowest BCUT2D eigenvalue weighted by atomic mass is 9.70. The maximum atomic E-state index is 14.2. The molecule has 36 heavy (non-hydrogen) atoms. The van der Waals surface area contributed by atoms with Gasteiger partial charge in [-0.2, -0.15) is 0 Å². The van der Waals surface area contributed by atoms with E-state index >= 15 is 0 Å². The first-order valence-corrected chi connectivity index (χ1v) is 15.0. The van der Waals surface area contributed by atoms with Gasteiger partial charge in [-0.15, -0.1) is 11.8 Å². The topological polar surface area (TPSA) is 98.7 Å². The number of rotatable bonds is 12. The Hall–Kier alpha value is -1.58. The molecule has 2 bridgehead atoms. The van der Waals surface area contributed by atoms with Crippen LogP contribution in [0.2, 0.25) is 0 Å². The molecular weight excluding hydrogens is 542 g/mol. The summed E-state index contributed by atoms with van der Waals surface area (Å²) in [5, 5.41) is 16.5. The zero-order valence-electron chi connectivity index (χ0n) is 21.1. The van der Waals surface area contributed by atoms with Crippen LogP contribution < -0.4 is 10.6 Å². The molecular formula is C27H38BrN3O4S. The molecule has 3 aliphatic heterocycles. The minimum Gasteiger partial charge on any atom is -0.394 e. The van der Waals surface area contributed by atoms with Crippen LogP contribution in [0.1, 0.15) is 51.5 Å². The zero-order valence-corrected chi connectivity index (χ0v) is 23.5. The van der Waals surface area contributed by atoms with Crippen molar-refractivity contribution < 1.29 is 19.5 Å². The lowest BCUT2D eigenvalue weighted by Crippen LogP contribution is -2.57. The number of likely N-dealkylation sites (tertiary alicyclic amines) is 1. The van der Waals surface area contributed by atoms with E-state index in [9.17, 15) is 19.5 Å². The number of nitrogens with one attached hydrogen (secondary N) is 2. The van der Waals surface area contributed by atoms with E-state index < -0.39 is 28.7 Å². The molecule has 1 aromatic rings. The SMILES string of the molecule is CCCCCNC(=O)C1N([C@@H](CO)Cc2ccccc2)C(=O)[C@@H]2[C@H](C(=O)NCCC)[C@H]3SC12CC3Br. The molecule has 198 valence electrons. The Kier molecular flexibility index (Phi) is 9.05. The maximum absolute atomic E-state index is 14.2. The predicted octanol–water partition coefficient (Wildman–Crippen LogP) is 2.89. The van der Waals surface area contributed by atoms with Crippen molar-refractivity contribution in [2.24, 2.45) is 11.8 Å². The number of unbranched alkanes of at least 4 members (excludes halogenated alkanes) is 2. The molecule has 3 fully saturated rings. The molecule has 3 aliphatic rings. The first-order valence-electron chi connectivity index (χ1n) is 13.2. The van der Waals surface area contributed by atoms with Gasteiger partial charge in [0, 0.05) is 23.2 Å². The van der Waals surface area contributed by atoms with Crippen molar-refractivity contribution in [1.82, 2.24) is 15.5 Å². The molecule has 3 N–H and O–H groups in total. The van der Waals surface area contributed by atoms with Crippen LogP contribution in [0, 0.1) is 11.8 Å². The largest absolute Gasteiger partial charge is 0.394 e. The summed E-state index contributed by atoms with van der Waals surface area (Å²) in [6, 6.07) is 8.47. The minimum atomic E-state index is -0.725. The van der Waals surface area contributed by atoms with E-state index in [4.69, 9.17) is 0 Å². The number of hydrogen-bond acceptors (Lipinski definition) is 5. The van der Waals surface area contributed by atoms with E-state index in [1.165, 1.54) is 0 Å². The Morgan fingerprint density at radius 3 is 2.53 bits per heavy atom. The number of nitrogens with zero attached hydrogens (tertiary/aromatic N) is 1. The molecule has 0 radical (unpaired) electrons.